The van der Waals surface area contributed by atoms with Gasteiger partial charge in [0.05, 0.1) is 0 Å². The van der Waals surface area contributed by atoms with Crippen molar-refractivity contribution in [3.63, 3.8) is 0 Å². The molecule has 2 amide bonds. The average molecular weight is 366 g/mol. The summed E-state index contributed by atoms with van der Waals surface area (Å²) in [5.74, 6) is -5.32. The van der Waals surface area contributed by atoms with Crippen LogP contribution in [0, 0.1) is 5.41 Å². The van der Waals surface area contributed by atoms with Crippen LogP contribution in [0.5, 0.6) is 0 Å². The van der Waals surface area contributed by atoms with E-state index in [4.69, 9.17) is 0 Å². The summed E-state index contributed by atoms with van der Waals surface area (Å²) in [7, 11) is 0. The predicted molar refractivity (Wildman–Crippen MR) is 89.1 cm³/mol. The lowest BCUT2D eigenvalue weighted by atomic mass is 10.0. The van der Waals surface area contributed by atoms with Gasteiger partial charge in [0, 0.05) is 24.2 Å². The molecule has 2 unspecified atom stereocenters. The number of aliphatic carboxylic acids is 1. The first-order chi connectivity index (χ1) is 12.2. The van der Waals surface area contributed by atoms with Crippen LogP contribution in [-0.2, 0) is 9.59 Å². The fourth-order valence-corrected chi connectivity index (χ4v) is 3.24. The van der Waals surface area contributed by atoms with E-state index in [0.29, 0.717) is 13.0 Å². The molecule has 2 atom stereocenters. The number of carboxylic acids is 1. The van der Waals surface area contributed by atoms with E-state index in [1.165, 1.54) is 36.1 Å². The molecule has 2 N–H and O–H groups in total. The average Bonchev–Trinajstić information content (AvgIpc) is 3.14. The highest BCUT2D eigenvalue weighted by atomic mass is 19.3. The predicted octanol–water partition coefficient (Wildman–Crippen LogP) is 2.75. The Bertz CT molecular complexity index is 767. The number of alkyl halides is 2. The molecule has 1 aromatic carbocycles. The van der Waals surface area contributed by atoms with E-state index in [2.05, 4.69) is 5.32 Å². The summed E-state index contributed by atoms with van der Waals surface area (Å²) in [5, 5.41) is 11.7. The number of hydrogen-bond acceptors (Lipinski definition) is 3. The largest absolute Gasteiger partial charge is 0.480 e. The second-order valence-electron chi connectivity index (χ2n) is 7.10. The summed E-state index contributed by atoms with van der Waals surface area (Å²) in [4.78, 5) is 37.4. The molecule has 1 aliphatic heterocycles. The molecular formula is C18H20F2N2O4. The molecule has 3 rings (SSSR count). The Hall–Kier alpha value is -2.51. The van der Waals surface area contributed by atoms with Crippen molar-refractivity contribution in [2.24, 2.45) is 5.41 Å². The minimum Gasteiger partial charge on any atom is -0.480 e. The second kappa shape index (κ2) is 6.34. The number of nitrogens with one attached hydrogen (secondary N) is 1. The summed E-state index contributed by atoms with van der Waals surface area (Å²) < 4.78 is 26.7. The lowest BCUT2D eigenvalue weighted by Crippen LogP contribution is -2.48. The zero-order valence-electron chi connectivity index (χ0n) is 14.3. The van der Waals surface area contributed by atoms with Crippen molar-refractivity contribution < 1.29 is 28.3 Å². The van der Waals surface area contributed by atoms with E-state index < -0.39 is 41.6 Å². The zero-order valence-corrected chi connectivity index (χ0v) is 14.3. The summed E-state index contributed by atoms with van der Waals surface area (Å²) >= 11 is 0. The number of carbonyl (C=O) groups is 3. The molecule has 1 saturated carbocycles. The van der Waals surface area contributed by atoms with Crippen LogP contribution in [0.15, 0.2) is 24.3 Å². The highest BCUT2D eigenvalue weighted by Crippen LogP contribution is 2.60. The van der Waals surface area contributed by atoms with Crippen LogP contribution in [0.1, 0.15) is 43.0 Å². The third-order valence-electron chi connectivity index (χ3n) is 5.18. The lowest BCUT2D eigenvalue weighted by Gasteiger charge is -2.33. The van der Waals surface area contributed by atoms with Gasteiger partial charge in [-0.3, -0.25) is 9.59 Å². The van der Waals surface area contributed by atoms with Crippen molar-refractivity contribution in [2.45, 2.75) is 44.6 Å². The quantitative estimate of drug-likeness (QED) is 0.858. The summed E-state index contributed by atoms with van der Waals surface area (Å²) in [6, 6.07) is 5.05. The number of hydrogen-bond donors (Lipinski definition) is 2. The van der Waals surface area contributed by atoms with Gasteiger partial charge in [0.25, 0.3) is 11.8 Å². The molecule has 6 nitrogen and oxygen atoms in total. The molecule has 1 heterocycles. The van der Waals surface area contributed by atoms with Gasteiger partial charge in [-0.05, 0) is 44.4 Å². The van der Waals surface area contributed by atoms with Crippen molar-refractivity contribution in [3.05, 3.63) is 29.8 Å². The highest BCUT2D eigenvalue weighted by molar-refractivity contribution is 6.01. The maximum atomic E-state index is 13.3. The Morgan fingerprint density at radius 3 is 2.58 bits per heavy atom. The second-order valence-corrected chi connectivity index (χ2v) is 7.10. The number of benzene rings is 1. The summed E-state index contributed by atoms with van der Waals surface area (Å²) in [5.41, 5.74) is -1.29. The Balaban J connectivity index is 1.75. The number of carbonyl (C=O) groups excluding carboxylic acids is 2. The first-order valence-corrected chi connectivity index (χ1v) is 8.49. The standard InChI is InChI=1S/C18H20F2N2O4/c1-17(10-18(17,19)20)16(26)21-12-6-4-5-11(9-12)14(23)22-8-3-2-7-13(22)15(24)25/h4-6,9,13H,2-3,7-8,10H2,1H3,(H,21,26)(H,24,25). The molecule has 0 spiro atoms. The summed E-state index contributed by atoms with van der Waals surface area (Å²) in [6.45, 7) is 1.54. The van der Waals surface area contributed by atoms with Gasteiger partial charge in [0.15, 0.2) is 0 Å². The molecule has 1 aliphatic carbocycles. The van der Waals surface area contributed by atoms with Gasteiger partial charge >= 0.3 is 5.97 Å². The minimum atomic E-state index is -3.02. The smallest absolute Gasteiger partial charge is 0.326 e. The van der Waals surface area contributed by atoms with Gasteiger partial charge in [0.2, 0.25) is 5.91 Å². The van der Waals surface area contributed by atoms with E-state index in [-0.39, 0.29) is 11.3 Å². The zero-order chi connectivity index (χ0) is 19.1. The van der Waals surface area contributed by atoms with Crippen molar-refractivity contribution in [1.29, 1.82) is 0 Å². The normalized spacial score (nSPS) is 26.9. The molecule has 8 heteroatoms. The summed E-state index contributed by atoms with van der Waals surface area (Å²) in [6.07, 6.45) is 1.35. The van der Waals surface area contributed by atoms with Crippen LogP contribution in [0.3, 0.4) is 0 Å². The van der Waals surface area contributed by atoms with Gasteiger partial charge in [-0.1, -0.05) is 6.07 Å². The Kier molecular flexibility index (Phi) is 4.46. The van der Waals surface area contributed by atoms with E-state index in [1.807, 2.05) is 0 Å². The van der Waals surface area contributed by atoms with Crippen LogP contribution < -0.4 is 5.32 Å². The molecule has 140 valence electrons. The number of nitrogens with zero attached hydrogens (tertiary/aromatic N) is 1. The minimum absolute atomic E-state index is 0.212. The number of rotatable bonds is 4. The Morgan fingerprint density at radius 1 is 1.27 bits per heavy atom. The van der Waals surface area contributed by atoms with E-state index in [1.54, 1.807) is 0 Å². The van der Waals surface area contributed by atoms with Crippen LogP contribution in [0.2, 0.25) is 0 Å². The van der Waals surface area contributed by atoms with Crippen molar-refractivity contribution in [3.8, 4) is 0 Å². The molecule has 26 heavy (non-hydrogen) atoms. The number of likely N-dealkylation sites (tertiary alicyclic amines) is 1. The van der Waals surface area contributed by atoms with Gasteiger partial charge < -0.3 is 15.3 Å². The Labute approximate surface area is 149 Å². The van der Waals surface area contributed by atoms with Gasteiger partial charge in [-0.25, -0.2) is 13.6 Å². The third-order valence-corrected chi connectivity index (χ3v) is 5.18. The maximum absolute atomic E-state index is 13.3. The molecule has 2 fully saturated rings. The number of halogens is 2. The molecule has 1 saturated heterocycles. The Morgan fingerprint density at radius 2 is 1.96 bits per heavy atom. The van der Waals surface area contributed by atoms with Crippen molar-refractivity contribution >= 4 is 23.5 Å². The van der Waals surface area contributed by atoms with Crippen LogP contribution in [0.4, 0.5) is 14.5 Å². The van der Waals surface area contributed by atoms with Crippen LogP contribution in [0.25, 0.3) is 0 Å². The van der Waals surface area contributed by atoms with Crippen molar-refractivity contribution in [2.75, 3.05) is 11.9 Å². The van der Waals surface area contributed by atoms with Crippen LogP contribution >= 0.6 is 0 Å². The number of carboxylic acid groups (broad SMARTS) is 1. The highest BCUT2D eigenvalue weighted by Gasteiger charge is 2.72. The molecule has 1 aromatic rings. The number of amides is 2. The number of anilines is 1. The van der Waals surface area contributed by atoms with E-state index >= 15 is 0 Å². The molecular weight excluding hydrogens is 346 g/mol. The molecule has 0 radical (unpaired) electrons. The van der Waals surface area contributed by atoms with Crippen molar-refractivity contribution in [1.82, 2.24) is 4.90 Å². The maximum Gasteiger partial charge on any atom is 0.326 e. The number of piperidine rings is 1. The lowest BCUT2D eigenvalue weighted by molar-refractivity contribution is -0.143. The van der Waals surface area contributed by atoms with Gasteiger partial charge in [0.1, 0.15) is 11.5 Å². The SMILES string of the molecule is CC1(C(=O)Nc2cccc(C(=O)N3CCCCC3C(=O)O)c2)CC1(F)F. The van der Waals surface area contributed by atoms with Gasteiger partial charge in [-0.2, -0.15) is 0 Å². The first-order valence-electron chi connectivity index (χ1n) is 8.49. The molecule has 0 bridgehead atoms. The third kappa shape index (κ3) is 3.15. The van der Waals surface area contributed by atoms with E-state index in [0.717, 1.165) is 12.8 Å². The topological polar surface area (TPSA) is 86.7 Å². The monoisotopic (exact) mass is 366 g/mol. The molecule has 0 aromatic heterocycles. The van der Waals surface area contributed by atoms with Gasteiger partial charge in [-0.15, -0.1) is 0 Å². The fourth-order valence-electron chi connectivity index (χ4n) is 3.24. The first kappa shape index (κ1) is 18.3. The van der Waals surface area contributed by atoms with E-state index in [9.17, 15) is 28.3 Å². The fraction of sp³-hybridized carbons (Fsp3) is 0.500. The van der Waals surface area contributed by atoms with Crippen LogP contribution in [-0.4, -0.2) is 46.3 Å². The molecule has 2 aliphatic rings.